The first-order chi connectivity index (χ1) is 9.69. The van der Waals surface area contributed by atoms with Crippen LogP contribution in [0.5, 0.6) is 0 Å². The fraction of sp³-hybridized carbons (Fsp3) is 0.273. The molecule has 0 unspecified atom stereocenters. The zero-order valence-electron chi connectivity index (χ0n) is 11.3. The molecule has 0 aliphatic carbocycles. The molecule has 0 bridgehead atoms. The second-order valence-electron chi connectivity index (χ2n) is 4.52. The van der Waals surface area contributed by atoms with E-state index in [2.05, 4.69) is 14.4 Å². The zero-order chi connectivity index (χ0) is 15.7. The van der Waals surface area contributed by atoms with Crippen LogP contribution in [0.15, 0.2) is 29.3 Å². The zero-order valence-corrected chi connectivity index (χ0v) is 12.9. The fourth-order valence-corrected chi connectivity index (χ4v) is 3.51. The van der Waals surface area contributed by atoms with Gasteiger partial charge >= 0.3 is 0 Å². The van der Waals surface area contributed by atoms with Crippen LogP contribution in [0.2, 0.25) is 0 Å². The number of nitrogen functional groups attached to an aromatic ring is 1. The first-order valence-electron chi connectivity index (χ1n) is 6.00. The number of H-pyrrole nitrogens is 1. The topological polar surface area (TPSA) is 134 Å². The summed E-state index contributed by atoms with van der Waals surface area (Å²) in [4.78, 5) is 2.92. The number of benzene rings is 1. The number of hydrogen-bond donors (Lipinski definition) is 4. The van der Waals surface area contributed by atoms with E-state index in [0.29, 0.717) is 16.6 Å². The van der Waals surface area contributed by atoms with Gasteiger partial charge in [0.2, 0.25) is 20.0 Å². The van der Waals surface area contributed by atoms with E-state index in [4.69, 9.17) is 5.73 Å². The molecule has 1 aromatic heterocycles. The molecule has 1 heterocycles. The van der Waals surface area contributed by atoms with Gasteiger partial charge in [0.25, 0.3) is 0 Å². The van der Waals surface area contributed by atoms with Crippen molar-refractivity contribution in [1.82, 2.24) is 14.4 Å². The highest BCUT2D eigenvalue weighted by molar-refractivity contribution is 7.89. The molecule has 0 radical (unpaired) electrons. The highest BCUT2D eigenvalue weighted by atomic mass is 32.2. The molecule has 0 saturated carbocycles. The van der Waals surface area contributed by atoms with Crippen molar-refractivity contribution in [1.29, 1.82) is 0 Å². The second-order valence-corrected chi connectivity index (χ2v) is 8.09. The van der Waals surface area contributed by atoms with Crippen LogP contribution in [-0.4, -0.2) is 41.2 Å². The molecule has 0 saturated heterocycles. The number of aromatic nitrogens is 1. The molecule has 0 atom stereocenters. The number of aromatic amines is 1. The van der Waals surface area contributed by atoms with E-state index >= 15 is 0 Å². The number of sulfonamides is 2. The summed E-state index contributed by atoms with van der Waals surface area (Å²) in [7, 11) is -7.09. The van der Waals surface area contributed by atoms with Crippen LogP contribution in [0.3, 0.4) is 0 Å². The lowest BCUT2D eigenvalue weighted by molar-refractivity contribution is 0.574. The van der Waals surface area contributed by atoms with E-state index in [1.165, 1.54) is 6.20 Å². The van der Waals surface area contributed by atoms with Crippen molar-refractivity contribution in [2.24, 2.45) is 0 Å². The van der Waals surface area contributed by atoms with Gasteiger partial charge in [0.05, 0.1) is 6.26 Å². The Labute approximate surface area is 122 Å². The molecule has 5 N–H and O–H groups in total. The number of nitrogens with two attached hydrogens (primary N) is 1. The van der Waals surface area contributed by atoms with Crippen LogP contribution < -0.4 is 15.2 Å². The van der Waals surface area contributed by atoms with Crippen LogP contribution in [0.4, 0.5) is 5.69 Å². The Morgan fingerprint density at radius 3 is 2.48 bits per heavy atom. The molecule has 10 heteroatoms. The minimum absolute atomic E-state index is 0.0252. The summed E-state index contributed by atoms with van der Waals surface area (Å²) in [5.41, 5.74) is 6.77. The molecule has 8 nitrogen and oxygen atoms in total. The summed E-state index contributed by atoms with van der Waals surface area (Å²) in [6.07, 6.45) is 2.38. The van der Waals surface area contributed by atoms with Crippen molar-refractivity contribution in [3.05, 3.63) is 24.4 Å². The quantitative estimate of drug-likeness (QED) is 0.421. The lowest BCUT2D eigenvalue weighted by atomic mass is 10.2. The van der Waals surface area contributed by atoms with Crippen molar-refractivity contribution in [3.63, 3.8) is 0 Å². The molecule has 0 spiro atoms. The van der Waals surface area contributed by atoms with Crippen LogP contribution in [0, 0.1) is 0 Å². The number of anilines is 1. The van der Waals surface area contributed by atoms with Gasteiger partial charge in [0.15, 0.2) is 0 Å². The molecular formula is C11H16N4O4S2. The summed E-state index contributed by atoms with van der Waals surface area (Å²) in [6.45, 7) is -0.0764. The van der Waals surface area contributed by atoms with Gasteiger partial charge in [-0.3, -0.25) is 0 Å². The van der Waals surface area contributed by atoms with Crippen molar-refractivity contribution in [3.8, 4) is 0 Å². The van der Waals surface area contributed by atoms with E-state index in [-0.39, 0.29) is 18.0 Å². The third-order valence-electron chi connectivity index (χ3n) is 2.74. The molecule has 2 rings (SSSR count). The number of rotatable bonds is 6. The maximum atomic E-state index is 12.2. The Morgan fingerprint density at radius 2 is 1.81 bits per heavy atom. The summed E-state index contributed by atoms with van der Waals surface area (Å²) in [6, 6.07) is 4.92. The first kappa shape index (κ1) is 15.8. The van der Waals surface area contributed by atoms with E-state index in [1.807, 2.05) is 0 Å². The normalized spacial score (nSPS) is 12.8. The summed E-state index contributed by atoms with van der Waals surface area (Å²) in [5.74, 6) is 0. The number of hydrogen-bond acceptors (Lipinski definition) is 5. The van der Waals surface area contributed by atoms with Gasteiger partial charge in [-0.1, -0.05) is 0 Å². The molecule has 21 heavy (non-hydrogen) atoms. The predicted molar refractivity (Wildman–Crippen MR) is 80.7 cm³/mol. The Kier molecular flexibility index (Phi) is 4.23. The number of nitrogens with one attached hydrogen (secondary N) is 3. The fourth-order valence-electron chi connectivity index (χ4n) is 1.83. The van der Waals surface area contributed by atoms with Crippen LogP contribution >= 0.6 is 0 Å². The molecule has 0 amide bonds. The van der Waals surface area contributed by atoms with Gasteiger partial charge in [-0.25, -0.2) is 26.3 Å². The SMILES string of the molecule is CS(=O)(=O)NCCNS(=O)(=O)c1c[nH]c2ccc(N)cc12. The third kappa shape index (κ3) is 3.94. The van der Waals surface area contributed by atoms with Crippen LogP contribution in [-0.2, 0) is 20.0 Å². The summed E-state index contributed by atoms with van der Waals surface area (Å²) in [5, 5.41) is 0.485. The van der Waals surface area contributed by atoms with E-state index in [1.54, 1.807) is 18.2 Å². The lowest BCUT2D eigenvalue weighted by Gasteiger charge is -2.06. The van der Waals surface area contributed by atoms with Crippen LogP contribution in [0.25, 0.3) is 10.9 Å². The van der Waals surface area contributed by atoms with E-state index in [9.17, 15) is 16.8 Å². The molecule has 0 aliphatic rings. The van der Waals surface area contributed by atoms with Crippen molar-refractivity contribution >= 4 is 36.6 Å². The Bertz CT molecular complexity index is 855. The van der Waals surface area contributed by atoms with E-state index < -0.39 is 20.0 Å². The van der Waals surface area contributed by atoms with Gasteiger partial charge < -0.3 is 10.7 Å². The number of fused-ring (bicyclic) bond motifs is 1. The maximum absolute atomic E-state index is 12.2. The molecule has 0 fully saturated rings. The molecule has 0 aliphatic heterocycles. The minimum Gasteiger partial charge on any atom is -0.399 e. The van der Waals surface area contributed by atoms with E-state index in [0.717, 1.165) is 6.26 Å². The average molecular weight is 332 g/mol. The van der Waals surface area contributed by atoms with Crippen molar-refractivity contribution < 1.29 is 16.8 Å². The monoisotopic (exact) mass is 332 g/mol. The molecule has 2 aromatic rings. The second kappa shape index (κ2) is 5.64. The largest absolute Gasteiger partial charge is 0.399 e. The van der Waals surface area contributed by atoms with Crippen LogP contribution in [0.1, 0.15) is 0 Å². The van der Waals surface area contributed by atoms with Crippen molar-refractivity contribution in [2.75, 3.05) is 25.1 Å². The Morgan fingerprint density at radius 1 is 1.14 bits per heavy atom. The van der Waals surface area contributed by atoms with Gasteiger partial charge in [0, 0.05) is 35.9 Å². The highest BCUT2D eigenvalue weighted by Crippen LogP contribution is 2.24. The summed E-state index contributed by atoms with van der Waals surface area (Å²) < 4.78 is 50.7. The smallest absolute Gasteiger partial charge is 0.242 e. The standard InChI is InChI=1S/C11H16N4O4S2/c1-20(16,17)14-4-5-15-21(18,19)11-7-13-10-3-2-8(12)6-9(10)11/h2-3,6-7,13-15H,4-5,12H2,1H3. The average Bonchev–Trinajstić information content (AvgIpc) is 2.77. The highest BCUT2D eigenvalue weighted by Gasteiger charge is 2.18. The maximum Gasteiger partial charge on any atom is 0.242 e. The molecular weight excluding hydrogens is 316 g/mol. The summed E-state index contributed by atoms with van der Waals surface area (Å²) >= 11 is 0. The minimum atomic E-state index is -3.75. The third-order valence-corrected chi connectivity index (χ3v) is 4.97. The van der Waals surface area contributed by atoms with Gasteiger partial charge in [-0.2, -0.15) is 0 Å². The molecule has 1 aromatic carbocycles. The Balaban J connectivity index is 2.16. The van der Waals surface area contributed by atoms with Gasteiger partial charge in [-0.15, -0.1) is 0 Å². The first-order valence-corrected chi connectivity index (χ1v) is 9.37. The van der Waals surface area contributed by atoms with Gasteiger partial charge in [-0.05, 0) is 18.2 Å². The molecule has 116 valence electrons. The van der Waals surface area contributed by atoms with Crippen molar-refractivity contribution in [2.45, 2.75) is 4.90 Å². The Hall–Kier alpha value is -1.62. The van der Waals surface area contributed by atoms with Gasteiger partial charge in [0.1, 0.15) is 4.90 Å². The lowest BCUT2D eigenvalue weighted by Crippen LogP contribution is -2.34. The predicted octanol–water partition coefficient (Wildman–Crippen LogP) is -0.422.